The molecule has 0 amide bonds. The van der Waals surface area contributed by atoms with Gasteiger partial charge in [0.2, 0.25) is 0 Å². The Bertz CT molecular complexity index is 1590. The zero-order valence-corrected chi connectivity index (χ0v) is 26.6. The maximum Gasteiger partial charge on any atom is 0.338 e. The highest BCUT2D eigenvalue weighted by molar-refractivity contribution is 14.1. The lowest BCUT2D eigenvalue weighted by Crippen LogP contribution is -2.40. The van der Waals surface area contributed by atoms with Crippen molar-refractivity contribution in [3.05, 3.63) is 79.6 Å². The molecule has 1 aromatic heterocycles. The number of fused-ring (bicyclic) bond motifs is 1. The molecule has 3 aromatic rings. The Hall–Kier alpha value is -2.39. The molecular weight excluding hydrogens is 734 g/mol. The molecular formula is C27H26I2N2O6S. The first-order valence-corrected chi connectivity index (χ1v) is 14.7. The number of hydrogen-bond acceptors (Lipinski definition) is 8. The molecule has 2 heterocycles. The number of carbonyl (C=O) groups is 1. The number of carbonyl (C=O) groups excluding carboxylic acids is 1. The van der Waals surface area contributed by atoms with Crippen LogP contribution in [0.2, 0.25) is 0 Å². The number of esters is 1. The molecule has 0 radical (unpaired) electrons. The molecule has 0 saturated carbocycles. The maximum atomic E-state index is 13.9. The fraction of sp³-hybridized carbons (Fsp3) is 0.296. The average Bonchev–Trinajstić information content (AvgIpc) is 3.19. The number of halogens is 2. The van der Waals surface area contributed by atoms with Crippen molar-refractivity contribution in [2.45, 2.75) is 26.8 Å². The van der Waals surface area contributed by atoms with Gasteiger partial charge in [-0.15, -0.1) is 0 Å². The third-order valence-electron chi connectivity index (χ3n) is 5.86. The molecule has 0 unspecified atom stereocenters. The van der Waals surface area contributed by atoms with Crippen LogP contribution in [0.5, 0.6) is 17.2 Å². The second-order valence-corrected chi connectivity index (χ2v) is 11.5. The number of nitrogens with zero attached hydrogens (tertiary/aromatic N) is 2. The second kappa shape index (κ2) is 12.2. The summed E-state index contributed by atoms with van der Waals surface area (Å²) in [6.07, 6.45) is 1.84. The molecule has 4 rings (SSSR count). The minimum Gasteiger partial charge on any atom is -0.497 e. The van der Waals surface area contributed by atoms with E-state index in [1.807, 2.05) is 25.1 Å². The number of hydrogen-bond donors (Lipinski definition) is 0. The maximum absolute atomic E-state index is 13.9. The van der Waals surface area contributed by atoms with Crippen LogP contribution in [-0.2, 0) is 9.53 Å². The number of ether oxygens (including phenoxy) is 4. The van der Waals surface area contributed by atoms with Crippen LogP contribution in [0.25, 0.3) is 6.08 Å². The Kier molecular flexibility index (Phi) is 9.19. The number of aromatic nitrogens is 1. The molecule has 8 nitrogen and oxygen atoms in total. The molecule has 11 heteroatoms. The standard InChI is InChI=1S/C27H26I2N2O6S/c1-6-36-24-18(28)10-15(11-19(24)29)12-21-25(32)31-23(17-13-16(34-4)8-9-20(17)35-5)22(26(33)37-7-2)14(3)30-27(31)38-21/h8-13,23H,6-7H2,1-5H3/b21-12-/t23-/m0/s1. The average molecular weight is 760 g/mol. The molecule has 2 aromatic carbocycles. The summed E-state index contributed by atoms with van der Waals surface area (Å²) >= 11 is 5.74. The normalized spacial score (nSPS) is 15.1. The van der Waals surface area contributed by atoms with Gasteiger partial charge in [-0.25, -0.2) is 9.79 Å². The molecule has 1 aliphatic heterocycles. The van der Waals surface area contributed by atoms with Crippen molar-refractivity contribution in [3.8, 4) is 17.2 Å². The molecule has 200 valence electrons. The van der Waals surface area contributed by atoms with Gasteiger partial charge in [0.1, 0.15) is 23.3 Å². The summed E-state index contributed by atoms with van der Waals surface area (Å²) in [4.78, 5) is 32.2. The fourth-order valence-corrected chi connectivity index (χ4v) is 7.41. The van der Waals surface area contributed by atoms with Crippen molar-refractivity contribution in [2.24, 2.45) is 4.99 Å². The summed E-state index contributed by atoms with van der Waals surface area (Å²) in [5.41, 5.74) is 1.96. The Morgan fingerprint density at radius 2 is 1.82 bits per heavy atom. The van der Waals surface area contributed by atoms with Gasteiger partial charge >= 0.3 is 5.97 Å². The van der Waals surface area contributed by atoms with E-state index in [0.29, 0.717) is 38.7 Å². The van der Waals surface area contributed by atoms with Crippen molar-refractivity contribution in [2.75, 3.05) is 27.4 Å². The van der Waals surface area contributed by atoms with Crippen LogP contribution < -0.4 is 29.1 Å². The van der Waals surface area contributed by atoms with Crippen molar-refractivity contribution < 1.29 is 23.7 Å². The first kappa shape index (κ1) is 28.6. The van der Waals surface area contributed by atoms with Gasteiger partial charge in [-0.05, 0) is 108 Å². The minimum atomic E-state index is -0.807. The summed E-state index contributed by atoms with van der Waals surface area (Å²) in [7, 11) is 3.11. The predicted molar refractivity (Wildman–Crippen MR) is 163 cm³/mol. The molecule has 38 heavy (non-hydrogen) atoms. The van der Waals surface area contributed by atoms with Crippen LogP contribution in [-0.4, -0.2) is 38.0 Å². The Labute approximate surface area is 251 Å². The first-order valence-electron chi connectivity index (χ1n) is 11.8. The van der Waals surface area contributed by atoms with E-state index in [9.17, 15) is 9.59 Å². The highest BCUT2D eigenvalue weighted by Crippen LogP contribution is 2.38. The molecule has 0 aliphatic carbocycles. The van der Waals surface area contributed by atoms with Crippen LogP contribution in [0.4, 0.5) is 0 Å². The monoisotopic (exact) mass is 760 g/mol. The number of methoxy groups -OCH3 is 2. The van der Waals surface area contributed by atoms with E-state index in [1.165, 1.54) is 15.9 Å². The van der Waals surface area contributed by atoms with Gasteiger partial charge in [0.05, 0.1) is 50.4 Å². The van der Waals surface area contributed by atoms with E-state index in [-0.39, 0.29) is 17.7 Å². The van der Waals surface area contributed by atoms with Crippen LogP contribution in [0.1, 0.15) is 37.9 Å². The predicted octanol–water partition coefficient (Wildman–Crippen LogP) is 4.42. The van der Waals surface area contributed by atoms with E-state index in [1.54, 1.807) is 46.3 Å². The highest BCUT2D eigenvalue weighted by Gasteiger charge is 2.35. The SMILES string of the molecule is CCOC(=O)C1=C(C)N=c2s/c(=C\c3cc(I)c(OCC)c(I)c3)c(=O)n2[C@H]1c1cc(OC)ccc1OC. The zero-order chi connectivity index (χ0) is 27.6. The number of allylic oxidation sites excluding steroid dienone is 1. The topological polar surface area (TPSA) is 88.4 Å². The van der Waals surface area contributed by atoms with E-state index >= 15 is 0 Å². The van der Waals surface area contributed by atoms with Crippen LogP contribution in [0.3, 0.4) is 0 Å². The Balaban J connectivity index is 1.98. The van der Waals surface area contributed by atoms with Crippen LogP contribution >= 0.6 is 56.5 Å². The van der Waals surface area contributed by atoms with Gasteiger partial charge in [0.15, 0.2) is 4.80 Å². The third kappa shape index (κ3) is 5.50. The second-order valence-electron chi connectivity index (χ2n) is 8.16. The summed E-state index contributed by atoms with van der Waals surface area (Å²) in [6.45, 7) is 6.20. The van der Waals surface area contributed by atoms with Crippen LogP contribution in [0, 0.1) is 7.14 Å². The van der Waals surface area contributed by atoms with E-state index < -0.39 is 12.0 Å². The summed E-state index contributed by atoms with van der Waals surface area (Å²) < 4.78 is 26.2. The molecule has 0 saturated heterocycles. The van der Waals surface area contributed by atoms with Crippen molar-refractivity contribution in [3.63, 3.8) is 0 Å². The quantitative estimate of drug-likeness (QED) is 0.250. The third-order valence-corrected chi connectivity index (χ3v) is 8.44. The number of thiazole rings is 1. The van der Waals surface area contributed by atoms with Gasteiger partial charge in [0, 0.05) is 5.56 Å². The van der Waals surface area contributed by atoms with Crippen molar-refractivity contribution in [1.29, 1.82) is 0 Å². The lowest BCUT2D eigenvalue weighted by molar-refractivity contribution is -0.139. The number of rotatable bonds is 8. The lowest BCUT2D eigenvalue weighted by atomic mass is 9.94. The number of benzene rings is 2. The van der Waals surface area contributed by atoms with Gasteiger partial charge in [-0.3, -0.25) is 9.36 Å². The first-order chi connectivity index (χ1) is 18.2. The summed E-state index contributed by atoms with van der Waals surface area (Å²) in [5, 5.41) is 0. The van der Waals surface area contributed by atoms with Gasteiger partial charge in [0.25, 0.3) is 5.56 Å². The van der Waals surface area contributed by atoms with E-state index in [0.717, 1.165) is 18.5 Å². The summed E-state index contributed by atoms with van der Waals surface area (Å²) in [6, 6.07) is 8.44. The highest BCUT2D eigenvalue weighted by atomic mass is 127. The van der Waals surface area contributed by atoms with E-state index in [2.05, 4.69) is 50.2 Å². The van der Waals surface area contributed by atoms with Gasteiger partial charge in [-0.2, -0.15) is 0 Å². The fourth-order valence-electron chi connectivity index (χ4n) is 4.24. The smallest absolute Gasteiger partial charge is 0.338 e. The lowest BCUT2D eigenvalue weighted by Gasteiger charge is -2.26. The van der Waals surface area contributed by atoms with Crippen molar-refractivity contribution >= 4 is 68.6 Å². The van der Waals surface area contributed by atoms with E-state index in [4.69, 9.17) is 18.9 Å². The molecule has 1 aliphatic rings. The van der Waals surface area contributed by atoms with Crippen LogP contribution in [0.15, 0.2) is 51.4 Å². The molecule has 1 atom stereocenters. The molecule has 0 N–H and O–H groups in total. The Morgan fingerprint density at radius 3 is 2.42 bits per heavy atom. The molecule has 0 spiro atoms. The minimum absolute atomic E-state index is 0.191. The Morgan fingerprint density at radius 1 is 1.11 bits per heavy atom. The largest absolute Gasteiger partial charge is 0.497 e. The molecule has 0 fully saturated rings. The molecule has 0 bridgehead atoms. The van der Waals surface area contributed by atoms with Gasteiger partial charge in [-0.1, -0.05) is 11.3 Å². The van der Waals surface area contributed by atoms with Gasteiger partial charge < -0.3 is 18.9 Å². The van der Waals surface area contributed by atoms with Crippen molar-refractivity contribution in [1.82, 2.24) is 4.57 Å². The summed E-state index contributed by atoms with van der Waals surface area (Å²) in [5.74, 6) is 1.37. The zero-order valence-electron chi connectivity index (χ0n) is 21.5.